The number of carbonyl (C=O) groups excluding carboxylic acids is 1. The second-order valence-corrected chi connectivity index (χ2v) is 7.39. The maximum Gasteiger partial charge on any atom is 0.416 e. The molecule has 4 nitrogen and oxygen atoms in total. The molecule has 0 spiro atoms. The molecule has 0 fully saturated rings. The molecule has 0 aromatic heterocycles. The lowest BCUT2D eigenvalue weighted by molar-refractivity contribution is -0.143. The summed E-state index contributed by atoms with van der Waals surface area (Å²) in [7, 11) is 0. The predicted octanol–water partition coefficient (Wildman–Crippen LogP) is 5.57. The summed E-state index contributed by atoms with van der Waals surface area (Å²) >= 11 is 9.00. The van der Waals surface area contributed by atoms with E-state index in [9.17, 15) is 41.0 Å². The van der Waals surface area contributed by atoms with Crippen molar-refractivity contribution in [2.45, 2.75) is 24.8 Å². The summed E-state index contributed by atoms with van der Waals surface area (Å²) in [5.41, 5.74) is -4.00. The van der Waals surface area contributed by atoms with E-state index in [1.807, 2.05) is 5.32 Å². The summed E-state index contributed by atoms with van der Waals surface area (Å²) in [5.74, 6) is -2.95. The van der Waals surface area contributed by atoms with Gasteiger partial charge < -0.3 is 10.4 Å². The van der Waals surface area contributed by atoms with E-state index in [2.05, 4.69) is 15.9 Å². The van der Waals surface area contributed by atoms with Crippen molar-refractivity contribution in [3.05, 3.63) is 68.1 Å². The Labute approximate surface area is 179 Å². The Bertz CT molecular complexity index is 945. The zero-order chi connectivity index (χ0) is 22.9. The number of hydrogen-bond acceptors (Lipinski definition) is 2. The Hall–Kier alpha value is -2.27. The normalized spacial score (nSPS) is 13.1. The highest BCUT2D eigenvalue weighted by Gasteiger charge is 2.37. The zero-order valence-electron chi connectivity index (χ0n) is 14.5. The van der Waals surface area contributed by atoms with Crippen LogP contribution < -0.4 is 5.32 Å². The van der Waals surface area contributed by atoms with Gasteiger partial charge in [-0.3, -0.25) is 4.79 Å². The second kappa shape index (κ2) is 8.84. The largest absolute Gasteiger partial charge is 0.480 e. The molecule has 12 heteroatoms. The number of benzene rings is 2. The van der Waals surface area contributed by atoms with Gasteiger partial charge >= 0.3 is 18.3 Å². The van der Waals surface area contributed by atoms with Gasteiger partial charge in [-0.05, 0) is 42.0 Å². The lowest BCUT2D eigenvalue weighted by Crippen LogP contribution is -2.42. The Morgan fingerprint density at radius 1 is 1.00 bits per heavy atom. The molecule has 0 saturated heterocycles. The molecule has 2 aromatic carbocycles. The van der Waals surface area contributed by atoms with Crippen molar-refractivity contribution in [2.24, 2.45) is 0 Å². The molecule has 0 unspecified atom stereocenters. The monoisotopic (exact) mass is 517 g/mol. The first-order valence-corrected chi connectivity index (χ1v) is 9.12. The highest BCUT2D eigenvalue weighted by atomic mass is 79.9. The number of carboxylic acid groups (broad SMARTS) is 1. The highest BCUT2D eigenvalue weighted by molar-refractivity contribution is 9.10. The Morgan fingerprint density at radius 2 is 1.53 bits per heavy atom. The minimum Gasteiger partial charge on any atom is -0.480 e. The molecule has 1 amide bonds. The summed E-state index contributed by atoms with van der Waals surface area (Å²) in [6.45, 7) is 0. The van der Waals surface area contributed by atoms with Crippen molar-refractivity contribution < 1.29 is 41.0 Å². The van der Waals surface area contributed by atoms with Crippen LogP contribution in [0.15, 0.2) is 40.9 Å². The topological polar surface area (TPSA) is 66.4 Å². The fourth-order valence-corrected chi connectivity index (χ4v) is 3.05. The van der Waals surface area contributed by atoms with Gasteiger partial charge in [0, 0.05) is 21.5 Å². The molecule has 0 saturated carbocycles. The zero-order valence-corrected chi connectivity index (χ0v) is 16.9. The Kier molecular flexibility index (Phi) is 7.08. The Balaban J connectivity index is 2.38. The molecule has 0 aliphatic heterocycles. The van der Waals surface area contributed by atoms with Crippen molar-refractivity contribution in [1.82, 2.24) is 5.32 Å². The van der Waals surface area contributed by atoms with Gasteiger partial charge in [0.15, 0.2) is 0 Å². The van der Waals surface area contributed by atoms with Gasteiger partial charge in [0.1, 0.15) is 6.04 Å². The van der Waals surface area contributed by atoms with Crippen LogP contribution in [0.4, 0.5) is 26.3 Å². The van der Waals surface area contributed by atoms with Gasteiger partial charge in [-0.1, -0.05) is 27.5 Å². The smallest absolute Gasteiger partial charge is 0.416 e. The maximum atomic E-state index is 12.9. The van der Waals surface area contributed by atoms with E-state index in [4.69, 9.17) is 11.6 Å². The summed E-state index contributed by atoms with van der Waals surface area (Å²) in [4.78, 5) is 23.8. The molecule has 0 aliphatic rings. The molecule has 0 bridgehead atoms. The second-order valence-electron chi connectivity index (χ2n) is 6.10. The number of carboxylic acids is 1. The third-order valence-electron chi connectivity index (χ3n) is 3.89. The van der Waals surface area contributed by atoms with E-state index >= 15 is 0 Å². The van der Waals surface area contributed by atoms with Crippen LogP contribution >= 0.6 is 27.5 Å². The van der Waals surface area contributed by atoms with Crippen LogP contribution in [0.1, 0.15) is 27.0 Å². The molecular formula is C18H11BrClF6NO3. The number of alkyl halides is 6. The molecule has 2 N–H and O–H groups in total. The van der Waals surface area contributed by atoms with E-state index in [0.717, 1.165) is 0 Å². The summed E-state index contributed by atoms with van der Waals surface area (Å²) in [6, 6.07) is 3.09. The van der Waals surface area contributed by atoms with Crippen LogP contribution in [-0.2, 0) is 23.6 Å². The van der Waals surface area contributed by atoms with Crippen LogP contribution in [0.3, 0.4) is 0 Å². The molecule has 30 heavy (non-hydrogen) atoms. The lowest BCUT2D eigenvalue weighted by atomic mass is 10.0. The minimum absolute atomic E-state index is 0.130. The van der Waals surface area contributed by atoms with Crippen molar-refractivity contribution in [3.63, 3.8) is 0 Å². The van der Waals surface area contributed by atoms with Crippen LogP contribution in [0.2, 0.25) is 5.02 Å². The molecule has 162 valence electrons. The van der Waals surface area contributed by atoms with Crippen LogP contribution in [0.25, 0.3) is 0 Å². The predicted molar refractivity (Wildman–Crippen MR) is 98.2 cm³/mol. The van der Waals surface area contributed by atoms with Gasteiger partial charge in [0.05, 0.1) is 11.1 Å². The Morgan fingerprint density at radius 3 is 2.00 bits per heavy atom. The standard InChI is InChI=1S/C18H11BrClF6NO3/c19-13-2-1-12(20)5-8(13)6-14(16(29)30)27-15(28)9-3-10(17(21,22)23)7-11(4-9)18(24,25)26/h1-5,7,14H,6H2,(H,27,28)(H,29,30)/t14-/m0/s1. The summed E-state index contributed by atoms with van der Waals surface area (Å²) < 4.78 is 78.1. The minimum atomic E-state index is -5.14. The fourth-order valence-electron chi connectivity index (χ4n) is 2.45. The number of carbonyl (C=O) groups is 2. The van der Waals surface area contributed by atoms with Crippen molar-refractivity contribution in [1.29, 1.82) is 0 Å². The van der Waals surface area contributed by atoms with Crippen molar-refractivity contribution >= 4 is 39.4 Å². The van der Waals surface area contributed by atoms with E-state index < -0.39 is 47.0 Å². The first-order chi connectivity index (χ1) is 13.7. The van der Waals surface area contributed by atoms with E-state index in [1.54, 1.807) is 0 Å². The van der Waals surface area contributed by atoms with Crippen LogP contribution in [0, 0.1) is 0 Å². The number of aliphatic carboxylic acids is 1. The average Bonchev–Trinajstić information content (AvgIpc) is 2.62. The van der Waals surface area contributed by atoms with Crippen molar-refractivity contribution in [2.75, 3.05) is 0 Å². The third-order valence-corrected chi connectivity index (χ3v) is 4.89. The van der Waals surface area contributed by atoms with Gasteiger partial charge in [-0.25, -0.2) is 4.79 Å². The fraction of sp³-hybridized carbons (Fsp3) is 0.222. The van der Waals surface area contributed by atoms with Crippen LogP contribution in [-0.4, -0.2) is 23.0 Å². The quantitative estimate of drug-likeness (QED) is 0.509. The summed E-state index contributed by atoms with van der Waals surface area (Å²) in [6.07, 6.45) is -10.6. The van der Waals surface area contributed by atoms with Gasteiger partial charge in [0.25, 0.3) is 5.91 Å². The molecule has 1 atom stereocenters. The van der Waals surface area contributed by atoms with Gasteiger partial charge in [-0.15, -0.1) is 0 Å². The van der Waals surface area contributed by atoms with Crippen molar-refractivity contribution in [3.8, 4) is 0 Å². The number of halogens is 8. The molecule has 2 rings (SSSR count). The first-order valence-electron chi connectivity index (χ1n) is 7.95. The maximum absolute atomic E-state index is 12.9. The van der Waals surface area contributed by atoms with E-state index in [-0.39, 0.29) is 29.6 Å². The number of rotatable bonds is 5. The summed E-state index contributed by atoms with van der Waals surface area (Å²) in [5, 5.41) is 11.5. The molecule has 2 aromatic rings. The third kappa shape index (κ3) is 6.11. The molecule has 0 aliphatic carbocycles. The lowest BCUT2D eigenvalue weighted by Gasteiger charge is -2.18. The SMILES string of the molecule is O=C(N[C@@H](Cc1cc(Cl)ccc1Br)C(=O)O)c1cc(C(F)(F)F)cc(C(F)(F)F)c1. The van der Waals surface area contributed by atoms with Gasteiger partial charge in [-0.2, -0.15) is 26.3 Å². The first kappa shape index (κ1) is 24.0. The van der Waals surface area contributed by atoms with E-state index in [1.165, 1.54) is 18.2 Å². The average molecular weight is 519 g/mol. The number of nitrogens with one attached hydrogen (secondary N) is 1. The van der Waals surface area contributed by atoms with Crippen LogP contribution in [0.5, 0.6) is 0 Å². The molecule has 0 radical (unpaired) electrons. The van der Waals surface area contributed by atoms with E-state index in [0.29, 0.717) is 10.0 Å². The molecular weight excluding hydrogens is 508 g/mol. The number of hydrogen-bond donors (Lipinski definition) is 2. The number of amides is 1. The highest BCUT2D eigenvalue weighted by Crippen LogP contribution is 2.36. The molecule has 0 heterocycles. The van der Waals surface area contributed by atoms with Gasteiger partial charge in [0.2, 0.25) is 0 Å².